The van der Waals surface area contributed by atoms with Crippen LogP contribution in [0.3, 0.4) is 0 Å². The molecule has 1 unspecified atom stereocenters. The molecule has 20 heavy (non-hydrogen) atoms. The zero-order valence-corrected chi connectivity index (χ0v) is 12.3. The molecule has 2 N–H and O–H groups in total. The first-order valence-electron chi connectivity index (χ1n) is 6.02. The van der Waals surface area contributed by atoms with E-state index < -0.39 is 6.04 Å². The van der Waals surface area contributed by atoms with Gasteiger partial charge in [0.25, 0.3) is 0 Å². The Bertz CT molecular complexity index is 599. The summed E-state index contributed by atoms with van der Waals surface area (Å²) < 4.78 is 10.2. The highest BCUT2D eigenvalue weighted by atomic mass is 35.5. The van der Waals surface area contributed by atoms with Crippen LogP contribution in [0.25, 0.3) is 0 Å². The lowest BCUT2D eigenvalue weighted by Gasteiger charge is -2.15. The van der Waals surface area contributed by atoms with Crippen molar-refractivity contribution in [3.63, 3.8) is 0 Å². The molecule has 0 aliphatic rings. The highest BCUT2D eigenvalue weighted by Gasteiger charge is 2.18. The molecule has 0 aliphatic carbocycles. The Kier molecular flexibility index (Phi) is 4.42. The lowest BCUT2D eigenvalue weighted by atomic mass is 10.0. The molecule has 0 saturated carbocycles. The molecule has 1 heterocycles. The molecule has 5 nitrogen and oxygen atoms in total. The maximum atomic E-state index is 6.24. The van der Waals surface area contributed by atoms with E-state index >= 15 is 0 Å². The first-order valence-corrected chi connectivity index (χ1v) is 6.40. The molecule has 2 aromatic rings. The minimum atomic E-state index is -0.472. The number of hydrogen-bond acceptors (Lipinski definition) is 5. The highest BCUT2D eigenvalue weighted by Crippen LogP contribution is 2.28. The number of hydrogen-bond donors (Lipinski definition) is 1. The van der Waals surface area contributed by atoms with E-state index in [0.717, 1.165) is 11.1 Å². The number of nitrogens with zero attached hydrogens (tertiary/aromatic N) is 2. The van der Waals surface area contributed by atoms with Crippen LogP contribution < -0.4 is 15.2 Å². The van der Waals surface area contributed by atoms with Gasteiger partial charge in [-0.3, -0.25) is 0 Å². The van der Waals surface area contributed by atoms with Gasteiger partial charge >= 0.3 is 0 Å². The molecule has 106 valence electrons. The summed E-state index contributed by atoms with van der Waals surface area (Å²) in [5.74, 6) is 0.717. The van der Waals surface area contributed by atoms with Crippen LogP contribution in [-0.2, 0) is 0 Å². The third kappa shape index (κ3) is 3.00. The van der Waals surface area contributed by atoms with Crippen molar-refractivity contribution in [3.05, 3.63) is 46.2 Å². The summed E-state index contributed by atoms with van der Waals surface area (Å²) in [5.41, 5.74) is 8.66. The molecule has 0 bridgehead atoms. The van der Waals surface area contributed by atoms with E-state index in [4.69, 9.17) is 26.8 Å². The molecule has 0 fully saturated rings. The molecule has 1 atom stereocenters. The van der Waals surface area contributed by atoms with Gasteiger partial charge in [0, 0.05) is 5.02 Å². The molecule has 0 aliphatic heterocycles. The number of rotatable bonds is 4. The van der Waals surface area contributed by atoms with Gasteiger partial charge in [-0.1, -0.05) is 17.7 Å². The second kappa shape index (κ2) is 6.07. The van der Waals surface area contributed by atoms with Crippen LogP contribution in [0.2, 0.25) is 5.02 Å². The number of aryl methyl sites for hydroxylation is 1. The van der Waals surface area contributed by atoms with Crippen molar-refractivity contribution in [1.29, 1.82) is 0 Å². The lowest BCUT2D eigenvalue weighted by molar-refractivity contribution is 0.355. The van der Waals surface area contributed by atoms with Gasteiger partial charge in [0.05, 0.1) is 26.5 Å². The summed E-state index contributed by atoms with van der Waals surface area (Å²) in [7, 11) is 3.03. The van der Waals surface area contributed by atoms with Crippen LogP contribution in [0.5, 0.6) is 11.8 Å². The Morgan fingerprint density at radius 2 is 1.95 bits per heavy atom. The van der Waals surface area contributed by atoms with Crippen LogP contribution in [0, 0.1) is 6.92 Å². The SMILES string of the molecule is COc1cnc(C(N)c2cc(C)cc(Cl)c2)c(OC)n1. The summed E-state index contributed by atoms with van der Waals surface area (Å²) in [4.78, 5) is 8.46. The number of aromatic nitrogens is 2. The quantitative estimate of drug-likeness (QED) is 0.938. The van der Waals surface area contributed by atoms with Gasteiger partial charge in [-0.05, 0) is 30.2 Å². The summed E-state index contributed by atoms with van der Waals surface area (Å²) in [6.07, 6.45) is 1.51. The zero-order chi connectivity index (χ0) is 14.7. The third-order valence-corrected chi connectivity index (χ3v) is 3.08. The number of nitrogens with two attached hydrogens (primary N) is 1. The number of methoxy groups -OCH3 is 2. The van der Waals surface area contributed by atoms with Gasteiger partial charge in [-0.2, -0.15) is 4.98 Å². The van der Waals surface area contributed by atoms with Crippen molar-refractivity contribution in [2.45, 2.75) is 13.0 Å². The van der Waals surface area contributed by atoms with E-state index in [0.29, 0.717) is 22.5 Å². The molecule has 0 saturated heterocycles. The average Bonchev–Trinajstić information content (AvgIpc) is 2.44. The number of halogens is 1. The third-order valence-electron chi connectivity index (χ3n) is 2.87. The first kappa shape index (κ1) is 14.6. The Morgan fingerprint density at radius 3 is 2.55 bits per heavy atom. The van der Waals surface area contributed by atoms with Crippen LogP contribution in [0.15, 0.2) is 24.4 Å². The maximum Gasteiger partial charge on any atom is 0.240 e. The van der Waals surface area contributed by atoms with Crippen molar-refractivity contribution in [3.8, 4) is 11.8 Å². The molecule has 0 spiro atoms. The minimum Gasteiger partial charge on any atom is -0.480 e. The summed E-state index contributed by atoms with van der Waals surface area (Å²) >= 11 is 6.06. The van der Waals surface area contributed by atoms with E-state index in [-0.39, 0.29) is 0 Å². The minimum absolute atomic E-state index is 0.342. The largest absolute Gasteiger partial charge is 0.480 e. The van der Waals surface area contributed by atoms with Crippen molar-refractivity contribution in [1.82, 2.24) is 9.97 Å². The van der Waals surface area contributed by atoms with Gasteiger partial charge in [0.15, 0.2) is 0 Å². The van der Waals surface area contributed by atoms with E-state index in [1.54, 1.807) is 0 Å². The fourth-order valence-electron chi connectivity index (χ4n) is 1.93. The van der Waals surface area contributed by atoms with Crippen LogP contribution in [0.4, 0.5) is 0 Å². The molecule has 1 aromatic carbocycles. The van der Waals surface area contributed by atoms with E-state index in [2.05, 4.69) is 9.97 Å². The predicted octanol–water partition coefficient (Wildman–Crippen LogP) is 2.50. The molecule has 0 amide bonds. The number of benzene rings is 1. The van der Waals surface area contributed by atoms with E-state index in [1.165, 1.54) is 20.4 Å². The molecule has 2 rings (SSSR count). The Hall–Kier alpha value is -1.85. The highest BCUT2D eigenvalue weighted by molar-refractivity contribution is 6.30. The smallest absolute Gasteiger partial charge is 0.240 e. The van der Waals surface area contributed by atoms with Crippen molar-refractivity contribution >= 4 is 11.6 Å². The number of ether oxygens (including phenoxy) is 2. The van der Waals surface area contributed by atoms with Crippen molar-refractivity contribution in [2.24, 2.45) is 5.73 Å². The predicted molar refractivity (Wildman–Crippen MR) is 77.4 cm³/mol. The maximum absolute atomic E-state index is 6.24. The summed E-state index contributed by atoms with van der Waals surface area (Å²) in [5, 5.41) is 0.635. The lowest BCUT2D eigenvalue weighted by Crippen LogP contribution is -2.16. The molecule has 0 radical (unpaired) electrons. The Balaban J connectivity index is 2.44. The molecule has 6 heteroatoms. The Morgan fingerprint density at radius 1 is 1.20 bits per heavy atom. The first-order chi connectivity index (χ1) is 9.55. The second-order valence-electron chi connectivity index (χ2n) is 4.35. The van der Waals surface area contributed by atoms with Crippen molar-refractivity contribution < 1.29 is 9.47 Å². The average molecular weight is 294 g/mol. The van der Waals surface area contributed by atoms with Gasteiger partial charge in [-0.15, -0.1) is 0 Å². The zero-order valence-electron chi connectivity index (χ0n) is 11.6. The van der Waals surface area contributed by atoms with Gasteiger partial charge in [0.2, 0.25) is 11.8 Å². The van der Waals surface area contributed by atoms with E-state index in [1.807, 2.05) is 25.1 Å². The Labute approximate surface area is 122 Å². The van der Waals surface area contributed by atoms with E-state index in [9.17, 15) is 0 Å². The standard InChI is InChI=1S/C14H16ClN3O2/c1-8-4-9(6-10(15)5-8)12(16)13-14(20-3)18-11(19-2)7-17-13/h4-7,12H,16H2,1-3H3. The van der Waals surface area contributed by atoms with Gasteiger partial charge in [-0.25, -0.2) is 4.98 Å². The van der Waals surface area contributed by atoms with Crippen LogP contribution in [-0.4, -0.2) is 24.2 Å². The topological polar surface area (TPSA) is 70.3 Å². The molecular formula is C14H16ClN3O2. The fourth-order valence-corrected chi connectivity index (χ4v) is 2.23. The summed E-state index contributed by atoms with van der Waals surface area (Å²) in [6.45, 7) is 1.96. The van der Waals surface area contributed by atoms with Crippen LogP contribution >= 0.6 is 11.6 Å². The summed E-state index contributed by atoms with van der Waals surface area (Å²) in [6, 6.07) is 5.17. The van der Waals surface area contributed by atoms with Crippen molar-refractivity contribution in [2.75, 3.05) is 14.2 Å². The fraction of sp³-hybridized carbons (Fsp3) is 0.286. The second-order valence-corrected chi connectivity index (χ2v) is 4.78. The molecular weight excluding hydrogens is 278 g/mol. The van der Waals surface area contributed by atoms with Gasteiger partial charge < -0.3 is 15.2 Å². The molecule has 1 aromatic heterocycles. The monoisotopic (exact) mass is 293 g/mol. The van der Waals surface area contributed by atoms with Crippen LogP contribution in [0.1, 0.15) is 22.9 Å². The normalized spacial score (nSPS) is 12.1. The van der Waals surface area contributed by atoms with Gasteiger partial charge in [0.1, 0.15) is 5.69 Å².